The molecule has 256 valence electrons. The lowest BCUT2D eigenvalue weighted by atomic mass is 9.77. The smallest absolute Gasteiger partial charge is 0.481 e. The summed E-state index contributed by atoms with van der Waals surface area (Å²) in [6, 6.07) is 12.7. The van der Waals surface area contributed by atoms with Gasteiger partial charge in [-0.25, -0.2) is 9.78 Å². The Morgan fingerprint density at radius 1 is 1.02 bits per heavy atom. The number of methoxy groups -OCH3 is 1. The molecule has 48 heavy (non-hydrogen) atoms. The third-order valence-electron chi connectivity index (χ3n) is 8.85. The lowest BCUT2D eigenvalue weighted by Gasteiger charge is -2.32. The largest absolute Gasteiger partial charge is 0.496 e. The summed E-state index contributed by atoms with van der Waals surface area (Å²) in [5.74, 6) is 0.176. The molecule has 9 nitrogen and oxygen atoms in total. The monoisotopic (exact) mass is 715 g/mol. The summed E-state index contributed by atoms with van der Waals surface area (Å²) in [6.07, 6.45) is 0.473. The fourth-order valence-electron chi connectivity index (χ4n) is 5.62. The van der Waals surface area contributed by atoms with E-state index in [1.54, 1.807) is 26.8 Å². The molecule has 0 unspecified atom stereocenters. The molecular weight excluding hydrogens is 676 g/mol. The van der Waals surface area contributed by atoms with Crippen LogP contribution in [-0.4, -0.2) is 65.5 Å². The highest BCUT2D eigenvalue weighted by molar-refractivity contribution is 6.66. The van der Waals surface area contributed by atoms with Gasteiger partial charge < -0.3 is 29.0 Å². The van der Waals surface area contributed by atoms with E-state index in [9.17, 15) is 9.59 Å². The summed E-state index contributed by atoms with van der Waals surface area (Å²) in [6.45, 7) is 13.6. The van der Waals surface area contributed by atoms with Crippen LogP contribution in [-0.2, 0) is 25.4 Å². The van der Waals surface area contributed by atoms with Crippen molar-refractivity contribution in [2.45, 2.75) is 90.7 Å². The molecule has 13 heteroatoms. The Labute approximate surface area is 297 Å². The van der Waals surface area contributed by atoms with Crippen LogP contribution < -0.4 is 15.5 Å². The second kappa shape index (κ2) is 13.7. The first kappa shape index (κ1) is 36.3. The van der Waals surface area contributed by atoms with Crippen LogP contribution >= 0.6 is 34.8 Å². The van der Waals surface area contributed by atoms with Crippen LogP contribution in [0.4, 0.5) is 4.79 Å². The first-order valence-corrected chi connectivity index (χ1v) is 17.0. The number of aromatic nitrogens is 1. The average molecular weight is 717 g/mol. The number of hydrogen-bond donors (Lipinski definition) is 1. The van der Waals surface area contributed by atoms with Crippen LogP contribution in [0.25, 0.3) is 22.4 Å². The molecule has 2 fully saturated rings. The Morgan fingerprint density at radius 3 is 2.21 bits per heavy atom. The van der Waals surface area contributed by atoms with E-state index in [2.05, 4.69) is 5.32 Å². The molecule has 2 aliphatic heterocycles. The summed E-state index contributed by atoms with van der Waals surface area (Å²) in [7, 11) is 0.840. The van der Waals surface area contributed by atoms with Crippen molar-refractivity contribution in [1.82, 2.24) is 15.2 Å². The lowest BCUT2D eigenvalue weighted by Crippen LogP contribution is -2.43. The van der Waals surface area contributed by atoms with E-state index in [0.717, 1.165) is 0 Å². The molecule has 0 radical (unpaired) electrons. The van der Waals surface area contributed by atoms with Gasteiger partial charge >= 0.3 is 13.2 Å². The van der Waals surface area contributed by atoms with Crippen LogP contribution in [0.1, 0.15) is 66.9 Å². The highest BCUT2D eigenvalue weighted by Gasteiger charge is 2.52. The summed E-state index contributed by atoms with van der Waals surface area (Å²) < 4.78 is 23.9. The van der Waals surface area contributed by atoms with Gasteiger partial charge in [-0.15, -0.1) is 0 Å². The molecular formula is C35H41BCl3N3O6. The summed E-state index contributed by atoms with van der Waals surface area (Å²) in [5.41, 5.74) is 1.89. The molecule has 0 bridgehead atoms. The van der Waals surface area contributed by atoms with Crippen molar-refractivity contribution in [3.05, 3.63) is 63.1 Å². The van der Waals surface area contributed by atoms with E-state index in [1.807, 2.05) is 64.1 Å². The number of nitrogens with one attached hydrogen (secondary N) is 1. The molecule has 5 rings (SSSR count). The number of amides is 2. The third-order valence-corrected chi connectivity index (χ3v) is 10.0. The SMILES string of the molecule is COc1nc(-c2cccc(-c3cccc(B4OC(C)(C)C(C)(C)O4)c3Cl)c2Cl)cc(Cl)c1CN(C[C@@H]1CCC(=O)N1)C(=O)OC(C)(C)C. The standard InChI is InChI=1S/C35H41BCl3N3O6/c1-33(2,3)46-32(44)42(18-20-15-16-28(43)40-20)19-24-26(37)17-27(41-31(24)45-8)23-13-9-11-21(29(23)38)22-12-10-14-25(30(22)39)36-47-34(4,5)35(6,7)48-36/h9-14,17,20H,15-16,18-19H2,1-8H3,(H,40,43)/t20-/m0/s1. The van der Waals surface area contributed by atoms with Crippen LogP contribution in [0.5, 0.6) is 5.88 Å². The molecule has 0 saturated carbocycles. The van der Waals surface area contributed by atoms with E-state index in [-0.39, 0.29) is 30.9 Å². The summed E-state index contributed by atoms with van der Waals surface area (Å²) in [5, 5.41) is 4.11. The number of hydrogen-bond acceptors (Lipinski definition) is 7. The van der Waals surface area contributed by atoms with Crippen LogP contribution in [0.2, 0.25) is 15.1 Å². The average Bonchev–Trinajstić information content (AvgIpc) is 3.50. The summed E-state index contributed by atoms with van der Waals surface area (Å²) >= 11 is 21.0. The van der Waals surface area contributed by atoms with E-state index in [4.69, 9.17) is 58.6 Å². The lowest BCUT2D eigenvalue weighted by molar-refractivity contribution is -0.119. The first-order chi connectivity index (χ1) is 22.4. The number of carbonyl (C=O) groups is 2. The van der Waals surface area contributed by atoms with Crippen LogP contribution in [0.15, 0.2) is 42.5 Å². The number of ether oxygens (including phenoxy) is 2. The number of carbonyl (C=O) groups excluding carboxylic acids is 2. The van der Waals surface area contributed by atoms with E-state index in [0.29, 0.717) is 61.3 Å². The van der Waals surface area contributed by atoms with Gasteiger partial charge in [0.2, 0.25) is 11.8 Å². The minimum absolute atomic E-state index is 0.0473. The van der Waals surface area contributed by atoms with Crippen molar-refractivity contribution in [2.24, 2.45) is 0 Å². The van der Waals surface area contributed by atoms with Gasteiger partial charge in [0.05, 0.1) is 46.2 Å². The van der Waals surface area contributed by atoms with Gasteiger partial charge in [-0.2, -0.15) is 0 Å². The highest BCUT2D eigenvalue weighted by Crippen LogP contribution is 2.42. The van der Waals surface area contributed by atoms with Crippen molar-refractivity contribution in [3.63, 3.8) is 0 Å². The number of halogens is 3. The molecule has 1 atom stereocenters. The number of rotatable bonds is 8. The van der Waals surface area contributed by atoms with Gasteiger partial charge in [-0.05, 0) is 61.0 Å². The van der Waals surface area contributed by atoms with Crippen LogP contribution in [0, 0.1) is 0 Å². The maximum absolute atomic E-state index is 13.3. The van der Waals surface area contributed by atoms with E-state index >= 15 is 0 Å². The van der Waals surface area contributed by atoms with Crippen molar-refractivity contribution in [2.75, 3.05) is 13.7 Å². The van der Waals surface area contributed by atoms with Gasteiger partial charge in [-0.3, -0.25) is 4.79 Å². The van der Waals surface area contributed by atoms with Gasteiger partial charge in [-0.1, -0.05) is 71.2 Å². The Balaban J connectivity index is 1.48. The van der Waals surface area contributed by atoms with Gasteiger partial charge in [0.1, 0.15) is 5.60 Å². The minimum atomic E-state index is -0.723. The molecule has 3 aromatic rings. The second-order valence-corrected chi connectivity index (χ2v) is 15.3. The predicted octanol–water partition coefficient (Wildman–Crippen LogP) is 7.70. The zero-order valence-electron chi connectivity index (χ0n) is 28.5. The molecule has 1 N–H and O–H groups in total. The fourth-order valence-corrected chi connectivity index (χ4v) is 6.50. The molecule has 2 aromatic carbocycles. The molecule has 2 amide bonds. The zero-order valence-corrected chi connectivity index (χ0v) is 30.8. The van der Waals surface area contributed by atoms with Crippen LogP contribution in [0.3, 0.4) is 0 Å². The number of benzene rings is 2. The zero-order chi connectivity index (χ0) is 35.2. The normalized spacial score (nSPS) is 18.5. The van der Waals surface area contributed by atoms with Crippen molar-refractivity contribution >= 4 is 59.4 Å². The fraction of sp³-hybridized carbons (Fsp3) is 0.457. The molecule has 2 aliphatic rings. The van der Waals surface area contributed by atoms with Crippen molar-refractivity contribution < 1.29 is 28.4 Å². The first-order valence-electron chi connectivity index (χ1n) is 15.8. The second-order valence-electron chi connectivity index (χ2n) is 14.1. The number of pyridine rings is 1. The Morgan fingerprint density at radius 2 is 1.62 bits per heavy atom. The molecule has 1 aromatic heterocycles. The van der Waals surface area contributed by atoms with Gasteiger partial charge in [0.15, 0.2) is 0 Å². The maximum Gasteiger partial charge on any atom is 0.496 e. The highest BCUT2D eigenvalue weighted by atomic mass is 35.5. The van der Waals surface area contributed by atoms with Gasteiger partial charge in [0.25, 0.3) is 0 Å². The topological polar surface area (TPSA) is 99.2 Å². The van der Waals surface area contributed by atoms with Gasteiger partial charge in [0, 0.05) is 46.2 Å². The van der Waals surface area contributed by atoms with Crippen molar-refractivity contribution in [3.8, 4) is 28.3 Å². The van der Waals surface area contributed by atoms with E-state index in [1.165, 1.54) is 12.0 Å². The quantitative estimate of drug-likeness (QED) is 0.239. The third kappa shape index (κ3) is 7.58. The number of nitrogens with zero attached hydrogens (tertiary/aromatic N) is 2. The van der Waals surface area contributed by atoms with Crippen molar-refractivity contribution in [1.29, 1.82) is 0 Å². The minimum Gasteiger partial charge on any atom is -0.481 e. The molecule has 0 aliphatic carbocycles. The maximum atomic E-state index is 13.3. The molecule has 2 saturated heterocycles. The summed E-state index contributed by atoms with van der Waals surface area (Å²) in [4.78, 5) is 31.4. The molecule has 3 heterocycles. The Hall–Kier alpha value is -3.02. The van der Waals surface area contributed by atoms with E-state index < -0.39 is 30.0 Å². The molecule has 0 spiro atoms. The Bertz CT molecular complexity index is 1710. The Kier molecular flexibility index (Phi) is 10.4. The predicted molar refractivity (Wildman–Crippen MR) is 190 cm³/mol.